The molecule has 0 aliphatic rings. The van der Waals surface area contributed by atoms with Gasteiger partial charge in [0.25, 0.3) is 5.69 Å². The smallest absolute Gasteiger partial charge is 0.340 e. The molecule has 1 aromatic heterocycles. The first-order chi connectivity index (χ1) is 14.1. The zero-order valence-electron chi connectivity index (χ0n) is 17.1. The molecule has 0 fully saturated rings. The monoisotopic (exact) mass is 414 g/mol. The van der Waals surface area contributed by atoms with Crippen molar-refractivity contribution in [2.75, 3.05) is 6.61 Å². The highest BCUT2D eigenvalue weighted by atomic mass is 16.6. The van der Waals surface area contributed by atoms with Gasteiger partial charge in [-0.2, -0.15) is 0 Å². The number of Topliss-reactive ketones (excluding diaryl/α,β-unsaturated/α-hetero) is 1. The summed E-state index contributed by atoms with van der Waals surface area (Å²) in [4.78, 5) is 49.9. The van der Waals surface area contributed by atoms with Crippen LogP contribution in [0.3, 0.4) is 0 Å². The summed E-state index contributed by atoms with van der Waals surface area (Å²) in [6.07, 6.45) is 1.33. The first-order valence-corrected chi connectivity index (χ1v) is 9.19. The Labute approximate surface area is 172 Å². The number of carbonyl (C=O) groups excluding carboxylic acids is 3. The Hall–Kier alpha value is -3.75. The van der Waals surface area contributed by atoms with E-state index in [1.54, 1.807) is 26.8 Å². The number of esters is 2. The van der Waals surface area contributed by atoms with E-state index in [2.05, 4.69) is 4.98 Å². The molecular weight excluding hydrogens is 392 g/mol. The number of aromatic amines is 1. The van der Waals surface area contributed by atoms with Gasteiger partial charge in [-0.05, 0) is 44.9 Å². The van der Waals surface area contributed by atoms with Crippen LogP contribution < -0.4 is 0 Å². The van der Waals surface area contributed by atoms with Crippen LogP contribution in [0.4, 0.5) is 5.69 Å². The number of rotatable bonds is 8. The van der Waals surface area contributed by atoms with Crippen molar-refractivity contribution in [3.63, 3.8) is 0 Å². The maximum atomic E-state index is 12.7. The van der Waals surface area contributed by atoms with E-state index in [0.717, 1.165) is 6.08 Å². The van der Waals surface area contributed by atoms with Gasteiger partial charge in [-0.1, -0.05) is 12.1 Å². The average Bonchev–Trinajstić information content (AvgIpc) is 3.00. The fraction of sp³-hybridized carbons (Fsp3) is 0.286. The van der Waals surface area contributed by atoms with E-state index in [0.29, 0.717) is 16.8 Å². The molecule has 9 heteroatoms. The van der Waals surface area contributed by atoms with Crippen molar-refractivity contribution >= 4 is 29.5 Å². The van der Waals surface area contributed by atoms with E-state index >= 15 is 0 Å². The molecule has 158 valence electrons. The maximum absolute atomic E-state index is 12.7. The Bertz CT molecular complexity index is 1020. The molecular formula is C21H22N2O7. The summed E-state index contributed by atoms with van der Waals surface area (Å²) in [5.74, 6) is -1.82. The lowest BCUT2D eigenvalue weighted by Crippen LogP contribution is -2.24. The number of benzene rings is 1. The van der Waals surface area contributed by atoms with Crippen molar-refractivity contribution in [2.24, 2.45) is 0 Å². The van der Waals surface area contributed by atoms with E-state index in [1.807, 2.05) is 0 Å². The molecule has 1 aromatic carbocycles. The van der Waals surface area contributed by atoms with Crippen molar-refractivity contribution in [1.82, 2.24) is 4.98 Å². The highest BCUT2D eigenvalue weighted by Gasteiger charge is 2.27. The fourth-order valence-electron chi connectivity index (χ4n) is 2.88. The Morgan fingerprint density at radius 1 is 1.27 bits per heavy atom. The SMILES string of the molecule is CCOC(=O)c1c(C)[nH]c(C(=O)C(C)OC(=O)/C=C/c2cccc([N+](=O)[O-])c2)c1C. The highest BCUT2D eigenvalue weighted by molar-refractivity contribution is 6.04. The van der Waals surface area contributed by atoms with Crippen LogP contribution in [0, 0.1) is 24.0 Å². The summed E-state index contributed by atoms with van der Waals surface area (Å²) < 4.78 is 10.1. The Morgan fingerprint density at radius 2 is 1.97 bits per heavy atom. The predicted molar refractivity (Wildman–Crippen MR) is 108 cm³/mol. The van der Waals surface area contributed by atoms with E-state index in [-0.39, 0.29) is 23.6 Å². The number of aryl methyl sites for hydroxylation is 1. The Balaban J connectivity index is 2.10. The summed E-state index contributed by atoms with van der Waals surface area (Å²) in [6.45, 7) is 6.57. The van der Waals surface area contributed by atoms with E-state index in [1.165, 1.54) is 31.2 Å². The Morgan fingerprint density at radius 3 is 2.60 bits per heavy atom. The van der Waals surface area contributed by atoms with Crippen LogP contribution in [0.15, 0.2) is 30.3 Å². The molecule has 0 aliphatic carbocycles. The number of ketones is 1. The zero-order valence-corrected chi connectivity index (χ0v) is 17.1. The summed E-state index contributed by atoms with van der Waals surface area (Å²) in [5.41, 5.74) is 1.69. The van der Waals surface area contributed by atoms with Crippen LogP contribution >= 0.6 is 0 Å². The molecule has 0 aliphatic heterocycles. The van der Waals surface area contributed by atoms with Crippen molar-refractivity contribution in [1.29, 1.82) is 0 Å². The second-order valence-electron chi connectivity index (χ2n) is 6.47. The van der Waals surface area contributed by atoms with Crippen molar-refractivity contribution in [3.8, 4) is 0 Å². The van der Waals surface area contributed by atoms with Crippen molar-refractivity contribution < 1.29 is 28.8 Å². The predicted octanol–water partition coefficient (Wildman–Crippen LogP) is 3.54. The number of ether oxygens (including phenoxy) is 2. The lowest BCUT2D eigenvalue weighted by molar-refractivity contribution is -0.384. The first kappa shape index (κ1) is 22.5. The van der Waals surface area contributed by atoms with Crippen LogP contribution in [0.1, 0.15) is 51.5 Å². The quantitative estimate of drug-likeness (QED) is 0.230. The van der Waals surface area contributed by atoms with Crippen molar-refractivity contribution in [3.05, 3.63) is 68.5 Å². The molecule has 1 N–H and O–H groups in total. The summed E-state index contributed by atoms with van der Waals surface area (Å²) in [5, 5.41) is 10.8. The minimum Gasteiger partial charge on any atom is -0.462 e. The largest absolute Gasteiger partial charge is 0.462 e. The molecule has 0 spiro atoms. The third-order valence-electron chi connectivity index (χ3n) is 4.32. The molecule has 0 radical (unpaired) electrons. The number of nitrogens with one attached hydrogen (secondary N) is 1. The third kappa shape index (κ3) is 5.19. The number of carbonyl (C=O) groups is 3. The molecule has 2 rings (SSSR count). The Kier molecular flexibility index (Phi) is 7.24. The van der Waals surface area contributed by atoms with Crippen LogP contribution in [-0.2, 0) is 14.3 Å². The van der Waals surface area contributed by atoms with Crippen LogP contribution in [-0.4, -0.2) is 40.3 Å². The number of non-ortho nitro benzene ring substituents is 1. The number of aromatic nitrogens is 1. The van der Waals surface area contributed by atoms with Crippen LogP contribution in [0.5, 0.6) is 0 Å². The third-order valence-corrected chi connectivity index (χ3v) is 4.32. The molecule has 0 amide bonds. The van der Waals surface area contributed by atoms with Gasteiger partial charge >= 0.3 is 11.9 Å². The maximum Gasteiger partial charge on any atom is 0.340 e. The van der Waals surface area contributed by atoms with Gasteiger partial charge in [0, 0.05) is 23.9 Å². The number of hydrogen-bond acceptors (Lipinski definition) is 7. The van der Waals surface area contributed by atoms with Crippen molar-refractivity contribution in [2.45, 2.75) is 33.8 Å². The number of H-pyrrole nitrogens is 1. The van der Waals surface area contributed by atoms with Gasteiger partial charge in [0.15, 0.2) is 6.10 Å². The molecule has 30 heavy (non-hydrogen) atoms. The molecule has 1 atom stereocenters. The van der Waals surface area contributed by atoms with Gasteiger partial charge in [-0.25, -0.2) is 9.59 Å². The normalized spacial score (nSPS) is 11.9. The van der Waals surface area contributed by atoms with E-state index in [9.17, 15) is 24.5 Å². The number of nitro groups is 1. The fourth-order valence-corrected chi connectivity index (χ4v) is 2.88. The minimum atomic E-state index is -1.11. The lowest BCUT2D eigenvalue weighted by atomic mass is 10.1. The summed E-state index contributed by atoms with van der Waals surface area (Å²) in [7, 11) is 0. The lowest BCUT2D eigenvalue weighted by Gasteiger charge is -2.10. The molecule has 9 nitrogen and oxygen atoms in total. The van der Waals surface area contributed by atoms with Crippen LogP contribution in [0.25, 0.3) is 6.08 Å². The minimum absolute atomic E-state index is 0.107. The van der Waals surface area contributed by atoms with E-state index < -0.39 is 28.7 Å². The van der Waals surface area contributed by atoms with Crippen LogP contribution in [0.2, 0.25) is 0 Å². The van der Waals surface area contributed by atoms with Gasteiger partial charge in [-0.3, -0.25) is 14.9 Å². The van der Waals surface area contributed by atoms with Gasteiger partial charge in [0.05, 0.1) is 22.8 Å². The summed E-state index contributed by atoms with van der Waals surface area (Å²) >= 11 is 0. The summed E-state index contributed by atoms with van der Waals surface area (Å²) in [6, 6.07) is 5.72. The first-order valence-electron chi connectivity index (χ1n) is 9.19. The molecule has 1 unspecified atom stereocenters. The highest BCUT2D eigenvalue weighted by Crippen LogP contribution is 2.21. The standard InChI is InChI=1S/C21H22N2O7/c1-5-29-21(26)18-12(2)19(22-13(18)3)20(25)14(4)30-17(24)10-9-15-7-6-8-16(11-15)23(27)28/h6-11,14,22H,5H2,1-4H3/b10-9+. The number of nitro benzene ring substituents is 1. The number of nitrogens with zero attached hydrogens (tertiary/aromatic N) is 1. The topological polar surface area (TPSA) is 129 Å². The average molecular weight is 414 g/mol. The van der Waals surface area contributed by atoms with E-state index in [4.69, 9.17) is 9.47 Å². The van der Waals surface area contributed by atoms with Gasteiger partial charge in [0.1, 0.15) is 0 Å². The van der Waals surface area contributed by atoms with Gasteiger partial charge in [0.2, 0.25) is 5.78 Å². The molecule has 0 saturated carbocycles. The molecule has 1 heterocycles. The molecule has 0 bridgehead atoms. The van der Waals surface area contributed by atoms with Gasteiger partial charge < -0.3 is 14.5 Å². The molecule has 2 aromatic rings. The second-order valence-corrected chi connectivity index (χ2v) is 6.47. The zero-order chi connectivity index (χ0) is 22.4. The van der Waals surface area contributed by atoms with Gasteiger partial charge in [-0.15, -0.1) is 0 Å². The number of hydrogen-bond donors (Lipinski definition) is 1. The second kappa shape index (κ2) is 9.64. The molecule has 0 saturated heterocycles.